The second-order valence-corrected chi connectivity index (χ2v) is 7.93. The van der Waals surface area contributed by atoms with Gasteiger partial charge in [0.05, 0.1) is 5.56 Å². The van der Waals surface area contributed by atoms with Gasteiger partial charge in [-0.1, -0.05) is 36.4 Å². The van der Waals surface area contributed by atoms with Crippen LogP contribution in [0.1, 0.15) is 49.1 Å². The maximum Gasteiger partial charge on any atom is 0.416 e. The van der Waals surface area contributed by atoms with E-state index >= 15 is 0 Å². The van der Waals surface area contributed by atoms with Crippen LogP contribution >= 0.6 is 12.4 Å². The van der Waals surface area contributed by atoms with Crippen molar-refractivity contribution < 1.29 is 13.2 Å². The second kappa shape index (κ2) is 8.44. The summed E-state index contributed by atoms with van der Waals surface area (Å²) in [5.74, 6) is 0.510. The van der Waals surface area contributed by atoms with Gasteiger partial charge < -0.3 is 11.1 Å². The zero-order chi connectivity index (χ0) is 19.0. The molecule has 0 saturated heterocycles. The molecule has 0 bridgehead atoms. The van der Waals surface area contributed by atoms with Gasteiger partial charge in [-0.25, -0.2) is 0 Å². The van der Waals surface area contributed by atoms with Crippen LogP contribution in [0.4, 0.5) is 13.2 Å². The molecule has 2 aliphatic carbocycles. The molecule has 0 radical (unpaired) electrons. The van der Waals surface area contributed by atoms with Crippen LogP contribution in [-0.4, -0.2) is 18.1 Å². The summed E-state index contributed by atoms with van der Waals surface area (Å²) in [6.45, 7) is 0. The molecule has 2 fully saturated rings. The van der Waals surface area contributed by atoms with Gasteiger partial charge in [0.1, 0.15) is 0 Å². The molecular weight excluding hydrogens is 385 g/mol. The first-order valence-electron chi connectivity index (χ1n) is 9.69. The molecule has 2 unspecified atom stereocenters. The van der Waals surface area contributed by atoms with Gasteiger partial charge in [-0.2, -0.15) is 13.2 Å². The molecular formula is C22H26ClF3N2. The average molecular weight is 411 g/mol. The zero-order valence-electron chi connectivity index (χ0n) is 15.6. The van der Waals surface area contributed by atoms with Crippen molar-refractivity contribution in [1.29, 1.82) is 0 Å². The zero-order valence-corrected chi connectivity index (χ0v) is 16.4. The van der Waals surface area contributed by atoms with Crippen LogP contribution < -0.4 is 11.1 Å². The Balaban J connectivity index is 0.00000225. The maximum absolute atomic E-state index is 12.9. The lowest BCUT2D eigenvalue weighted by atomic mass is 9.92. The third-order valence-electron chi connectivity index (χ3n) is 5.87. The van der Waals surface area contributed by atoms with E-state index in [1.807, 2.05) is 12.1 Å². The normalized spacial score (nSPS) is 27.1. The molecule has 2 aromatic rings. The number of benzene rings is 2. The lowest BCUT2D eigenvalue weighted by Crippen LogP contribution is -2.38. The lowest BCUT2D eigenvalue weighted by molar-refractivity contribution is -0.137. The highest BCUT2D eigenvalue weighted by Gasteiger charge is 2.39. The van der Waals surface area contributed by atoms with Crippen LogP contribution in [0.25, 0.3) is 11.1 Å². The molecule has 152 valence electrons. The topological polar surface area (TPSA) is 38.0 Å². The molecule has 2 atom stereocenters. The van der Waals surface area contributed by atoms with Crippen LogP contribution in [0.5, 0.6) is 0 Å². The minimum Gasteiger partial charge on any atom is -0.328 e. The molecule has 0 aliphatic heterocycles. The highest BCUT2D eigenvalue weighted by Crippen LogP contribution is 2.42. The summed E-state index contributed by atoms with van der Waals surface area (Å²) in [4.78, 5) is 0. The van der Waals surface area contributed by atoms with Gasteiger partial charge in [-0.3, -0.25) is 0 Å². The summed E-state index contributed by atoms with van der Waals surface area (Å²) < 4.78 is 38.7. The SMILES string of the molecule is Cl.NC1CCC(NC2CC2c2ccc(-c3cccc(C(F)(F)F)c3)cc2)CC1. The Hall–Kier alpha value is -1.56. The van der Waals surface area contributed by atoms with Crippen LogP contribution in [0.2, 0.25) is 0 Å². The standard InChI is InChI=1S/C22H25F3N2.ClH/c23-22(24,25)17-3-1-2-16(12-17)14-4-6-15(7-5-14)20-13-21(20)27-19-10-8-18(26)9-11-19;/h1-7,12,18-21,27H,8-11,13,26H2;1H. The molecule has 2 aliphatic rings. The molecule has 28 heavy (non-hydrogen) atoms. The Bertz CT molecular complexity index is 783. The Morgan fingerprint density at radius 2 is 1.57 bits per heavy atom. The van der Waals surface area contributed by atoms with Gasteiger partial charge >= 0.3 is 6.18 Å². The fraction of sp³-hybridized carbons (Fsp3) is 0.455. The van der Waals surface area contributed by atoms with Crippen LogP contribution in [0.15, 0.2) is 48.5 Å². The van der Waals surface area contributed by atoms with Crippen molar-refractivity contribution in [3.63, 3.8) is 0 Å². The third kappa shape index (κ3) is 4.88. The smallest absolute Gasteiger partial charge is 0.328 e. The number of halogens is 4. The Labute approximate surface area is 170 Å². The molecule has 2 nitrogen and oxygen atoms in total. The van der Waals surface area contributed by atoms with Crippen molar-refractivity contribution in [2.75, 3.05) is 0 Å². The van der Waals surface area contributed by atoms with E-state index in [0.717, 1.165) is 43.7 Å². The number of nitrogens with two attached hydrogens (primary N) is 1. The van der Waals surface area contributed by atoms with Crippen molar-refractivity contribution in [1.82, 2.24) is 5.32 Å². The van der Waals surface area contributed by atoms with E-state index in [1.165, 1.54) is 17.7 Å². The van der Waals surface area contributed by atoms with Gasteiger partial charge in [0, 0.05) is 24.0 Å². The lowest BCUT2D eigenvalue weighted by Gasteiger charge is -2.27. The van der Waals surface area contributed by atoms with E-state index in [2.05, 4.69) is 17.4 Å². The van der Waals surface area contributed by atoms with E-state index in [1.54, 1.807) is 6.07 Å². The summed E-state index contributed by atoms with van der Waals surface area (Å²) >= 11 is 0. The van der Waals surface area contributed by atoms with Gasteiger partial charge in [0.2, 0.25) is 0 Å². The highest BCUT2D eigenvalue weighted by molar-refractivity contribution is 5.85. The maximum atomic E-state index is 12.9. The van der Waals surface area contributed by atoms with Crippen molar-refractivity contribution in [2.24, 2.45) is 5.73 Å². The number of hydrogen-bond donors (Lipinski definition) is 2. The van der Waals surface area contributed by atoms with E-state index in [0.29, 0.717) is 29.6 Å². The van der Waals surface area contributed by atoms with Crippen molar-refractivity contribution in [3.8, 4) is 11.1 Å². The average Bonchev–Trinajstić information content (AvgIpc) is 3.42. The minimum atomic E-state index is -4.31. The summed E-state index contributed by atoms with van der Waals surface area (Å²) in [5.41, 5.74) is 8.03. The Morgan fingerprint density at radius 1 is 0.893 bits per heavy atom. The van der Waals surface area contributed by atoms with Gasteiger partial charge in [-0.05, 0) is 60.9 Å². The molecule has 0 aromatic heterocycles. The Morgan fingerprint density at radius 3 is 2.21 bits per heavy atom. The van der Waals surface area contributed by atoms with Crippen molar-refractivity contribution in [3.05, 3.63) is 59.7 Å². The summed E-state index contributed by atoms with van der Waals surface area (Å²) in [6, 6.07) is 14.9. The number of nitrogens with one attached hydrogen (secondary N) is 1. The Kier molecular flexibility index (Phi) is 6.37. The predicted octanol–water partition coefficient (Wildman–Crippen LogP) is 5.51. The third-order valence-corrected chi connectivity index (χ3v) is 5.87. The largest absolute Gasteiger partial charge is 0.416 e. The quantitative estimate of drug-likeness (QED) is 0.697. The van der Waals surface area contributed by atoms with E-state index in [-0.39, 0.29) is 12.4 Å². The highest BCUT2D eigenvalue weighted by atomic mass is 35.5. The monoisotopic (exact) mass is 410 g/mol. The number of alkyl halides is 3. The predicted molar refractivity (Wildman–Crippen MR) is 109 cm³/mol. The summed E-state index contributed by atoms with van der Waals surface area (Å²) in [7, 11) is 0. The first-order valence-corrected chi connectivity index (χ1v) is 9.69. The first kappa shape index (κ1) is 21.2. The molecule has 3 N–H and O–H groups in total. The van der Waals surface area contributed by atoms with E-state index in [9.17, 15) is 13.2 Å². The molecule has 4 rings (SSSR count). The molecule has 6 heteroatoms. The molecule has 2 aromatic carbocycles. The van der Waals surface area contributed by atoms with Crippen LogP contribution in [-0.2, 0) is 6.18 Å². The molecule has 2 saturated carbocycles. The van der Waals surface area contributed by atoms with Gasteiger partial charge in [0.15, 0.2) is 0 Å². The van der Waals surface area contributed by atoms with Crippen LogP contribution in [0, 0.1) is 0 Å². The number of hydrogen-bond acceptors (Lipinski definition) is 2. The van der Waals surface area contributed by atoms with E-state index in [4.69, 9.17) is 5.73 Å². The van der Waals surface area contributed by atoms with Crippen molar-refractivity contribution in [2.45, 2.75) is 62.3 Å². The van der Waals surface area contributed by atoms with Crippen LogP contribution in [0.3, 0.4) is 0 Å². The van der Waals surface area contributed by atoms with E-state index < -0.39 is 11.7 Å². The molecule has 0 amide bonds. The first-order chi connectivity index (χ1) is 12.9. The fourth-order valence-electron chi connectivity index (χ4n) is 4.13. The summed E-state index contributed by atoms with van der Waals surface area (Å²) in [6.07, 6.45) is 1.32. The second-order valence-electron chi connectivity index (χ2n) is 7.93. The minimum absolute atomic E-state index is 0. The van der Waals surface area contributed by atoms with Gasteiger partial charge in [-0.15, -0.1) is 12.4 Å². The van der Waals surface area contributed by atoms with Gasteiger partial charge in [0.25, 0.3) is 0 Å². The van der Waals surface area contributed by atoms with Crippen molar-refractivity contribution >= 4 is 12.4 Å². The molecule has 0 spiro atoms. The summed E-state index contributed by atoms with van der Waals surface area (Å²) in [5, 5.41) is 3.75. The number of rotatable bonds is 4. The fourth-order valence-corrected chi connectivity index (χ4v) is 4.13. The molecule has 0 heterocycles.